The van der Waals surface area contributed by atoms with E-state index in [0.29, 0.717) is 5.56 Å². The number of rotatable bonds is 3. The summed E-state index contributed by atoms with van der Waals surface area (Å²) in [6.45, 7) is 1.23. The van der Waals surface area contributed by atoms with Gasteiger partial charge in [0.2, 0.25) is 0 Å². The second kappa shape index (κ2) is 5.02. The number of hydrogen-bond donors (Lipinski definition) is 3. The first-order chi connectivity index (χ1) is 8.56. The van der Waals surface area contributed by atoms with Crippen LogP contribution in [0.4, 0.5) is 0 Å². The molecule has 0 aromatic carbocycles. The fourth-order valence-electron chi connectivity index (χ4n) is 1.95. The maximum atomic E-state index is 11.6. The molecule has 1 saturated heterocycles. The minimum Gasteiger partial charge on any atom is -0.394 e. The number of nitrogens with zero attached hydrogens (tertiary/aromatic N) is 1. The Labute approximate surface area is 101 Å². The third kappa shape index (κ3) is 2.23. The molecule has 2 rings (SSSR count). The van der Waals surface area contributed by atoms with Crippen LogP contribution in [0.25, 0.3) is 0 Å². The number of hydrogen-bond acceptors (Lipinski definition) is 6. The van der Waals surface area contributed by atoms with E-state index < -0.39 is 29.7 Å². The van der Waals surface area contributed by atoms with E-state index in [1.165, 1.54) is 10.8 Å². The summed E-state index contributed by atoms with van der Waals surface area (Å²) in [5, 5.41) is 17.7. The molecule has 2 heterocycles. The van der Waals surface area contributed by atoms with Crippen LogP contribution in [-0.2, 0) is 9.62 Å². The van der Waals surface area contributed by atoms with Gasteiger partial charge < -0.3 is 9.84 Å². The minimum atomic E-state index is -0.709. The summed E-state index contributed by atoms with van der Waals surface area (Å²) in [5.74, 6) is 0. The van der Waals surface area contributed by atoms with Crippen molar-refractivity contribution in [2.45, 2.75) is 31.8 Å². The van der Waals surface area contributed by atoms with Crippen LogP contribution in [0.2, 0.25) is 0 Å². The Hall–Kier alpha value is -1.48. The van der Waals surface area contributed by atoms with Crippen molar-refractivity contribution in [3.8, 4) is 0 Å². The van der Waals surface area contributed by atoms with Crippen LogP contribution in [-0.4, -0.2) is 38.7 Å². The molecule has 100 valence electrons. The molecule has 1 aromatic heterocycles. The summed E-state index contributed by atoms with van der Waals surface area (Å²) in [7, 11) is 0. The molecule has 3 atom stereocenters. The van der Waals surface area contributed by atoms with Gasteiger partial charge >= 0.3 is 5.69 Å². The average molecular weight is 258 g/mol. The summed E-state index contributed by atoms with van der Waals surface area (Å²) in [4.78, 5) is 29.2. The first-order valence-corrected chi connectivity index (χ1v) is 5.45. The van der Waals surface area contributed by atoms with Crippen molar-refractivity contribution in [2.24, 2.45) is 0 Å². The van der Waals surface area contributed by atoms with Gasteiger partial charge in [-0.1, -0.05) is 0 Å². The highest BCUT2D eigenvalue weighted by Crippen LogP contribution is 2.28. The van der Waals surface area contributed by atoms with Crippen LogP contribution in [0.3, 0.4) is 0 Å². The third-order valence-corrected chi connectivity index (χ3v) is 2.95. The molecular formula is C10H14N2O6. The van der Waals surface area contributed by atoms with Crippen LogP contribution in [0.1, 0.15) is 18.2 Å². The molecular weight excluding hydrogens is 244 g/mol. The molecule has 1 aromatic rings. The molecule has 0 saturated carbocycles. The molecule has 8 nitrogen and oxygen atoms in total. The zero-order valence-electron chi connectivity index (χ0n) is 9.70. The summed E-state index contributed by atoms with van der Waals surface area (Å²) in [5.41, 5.74) is -0.694. The zero-order chi connectivity index (χ0) is 13.3. The maximum Gasteiger partial charge on any atom is 0.330 e. The van der Waals surface area contributed by atoms with Gasteiger partial charge in [0.25, 0.3) is 5.56 Å². The predicted molar refractivity (Wildman–Crippen MR) is 59.2 cm³/mol. The average Bonchev–Trinajstić information content (AvgIpc) is 2.76. The Morgan fingerprint density at radius 3 is 2.89 bits per heavy atom. The van der Waals surface area contributed by atoms with Crippen LogP contribution >= 0.6 is 0 Å². The lowest BCUT2D eigenvalue weighted by Gasteiger charge is -2.14. The molecule has 18 heavy (non-hydrogen) atoms. The molecule has 0 radical (unpaired) electrons. The monoisotopic (exact) mass is 258 g/mol. The summed E-state index contributed by atoms with van der Waals surface area (Å²) >= 11 is 0. The van der Waals surface area contributed by atoms with Gasteiger partial charge in [0.15, 0.2) is 0 Å². The van der Waals surface area contributed by atoms with Crippen molar-refractivity contribution in [2.75, 3.05) is 6.61 Å². The van der Waals surface area contributed by atoms with E-state index >= 15 is 0 Å². The summed E-state index contributed by atoms with van der Waals surface area (Å²) in [6, 6.07) is 0. The lowest BCUT2D eigenvalue weighted by molar-refractivity contribution is -0.288. The van der Waals surface area contributed by atoms with Crippen LogP contribution in [0, 0.1) is 6.92 Å². The van der Waals surface area contributed by atoms with Crippen molar-refractivity contribution in [1.82, 2.24) is 9.55 Å². The lowest BCUT2D eigenvalue weighted by atomic mass is 10.2. The molecule has 0 spiro atoms. The van der Waals surface area contributed by atoms with Crippen LogP contribution in [0.15, 0.2) is 15.8 Å². The Balaban J connectivity index is 2.31. The highest BCUT2D eigenvalue weighted by molar-refractivity contribution is 5.02. The molecule has 1 aliphatic heterocycles. The highest BCUT2D eigenvalue weighted by Gasteiger charge is 2.37. The van der Waals surface area contributed by atoms with E-state index in [2.05, 4.69) is 9.87 Å². The van der Waals surface area contributed by atoms with E-state index in [0.717, 1.165) is 0 Å². The van der Waals surface area contributed by atoms with Crippen molar-refractivity contribution in [3.05, 3.63) is 32.6 Å². The number of H-pyrrole nitrogens is 1. The minimum absolute atomic E-state index is 0.202. The van der Waals surface area contributed by atoms with E-state index in [4.69, 9.17) is 15.1 Å². The Bertz CT molecular complexity index is 524. The standard InChI is InChI=1S/C10H14N2O6/c1-5-3-12(10(15)11-9(5)14)8-2-6(18-16)7(4-13)17-8/h3,6-8,13,16H,2,4H2,1H3,(H,11,14,15)/t6-,7+,8-/m1/s1. The number of aromatic amines is 1. The smallest absolute Gasteiger partial charge is 0.330 e. The van der Waals surface area contributed by atoms with Gasteiger partial charge in [-0.25, -0.2) is 9.68 Å². The molecule has 3 N–H and O–H groups in total. The zero-order valence-corrected chi connectivity index (χ0v) is 9.70. The topological polar surface area (TPSA) is 114 Å². The molecule has 0 amide bonds. The van der Waals surface area contributed by atoms with Gasteiger partial charge in [0, 0.05) is 18.2 Å². The van der Waals surface area contributed by atoms with E-state index in [1.807, 2.05) is 0 Å². The van der Waals surface area contributed by atoms with Crippen molar-refractivity contribution < 1.29 is 20.0 Å². The molecule has 1 fully saturated rings. The molecule has 8 heteroatoms. The van der Waals surface area contributed by atoms with Gasteiger partial charge in [-0.05, 0) is 6.92 Å². The van der Waals surface area contributed by atoms with Gasteiger partial charge in [0.1, 0.15) is 18.4 Å². The van der Waals surface area contributed by atoms with Crippen molar-refractivity contribution >= 4 is 0 Å². The van der Waals surface area contributed by atoms with Crippen molar-refractivity contribution in [1.29, 1.82) is 0 Å². The normalized spacial score (nSPS) is 27.6. The van der Waals surface area contributed by atoms with Crippen molar-refractivity contribution in [3.63, 3.8) is 0 Å². The van der Waals surface area contributed by atoms with E-state index in [9.17, 15) is 9.59 Å². The predicted octanol–water partition coefficient (Wildman–Crippen LogP) is -1.02. The first-order valence-electron chi connectivity index (χ1n) is 5.45. The second-order valence-electron chi connectivity index (χ2n) is 4.17. The fourth-order valence-corrected chi connectivity index (χ4v) is 1.95. The Kier molecular flexibility index (Phi) is 3.62. The lowest BCUT2D eigenvalue weighted by Crippen LogP contribution is -2.33. The SMILES string of the molecule is Cc1cn([C@H]2C[C@@H](OO)[C@H](CO)O2)c(=O)[nH]c1=O. The molecule has 0 aliphatic carbocycles. The quantitative estimate of drug-likeness (QED) is 0.472. The van der Waals surface area contributed by atoms with Crippen LogP contribution in [0.5, 0.6) is 0 Å². The number of ether oxygens (including phenoxy) is 1. The third-order valence-electron chi connectivity index (χ3n) is 2.95. The Morgan fingerprint density at radius 1 is 1.61 bits per heavy atom. The van der Waals surface area contributed by atoms with Gasteiger partial charge in [-0.15, -0.1) is 0 Å². The fraction of sp³-hybridized carbons (Fsp3) is 0.600. The Morgan fingerprint density at radius 2 is 2.33 bits per heavy atom. The van der Waals surface area contributed by atoms with Crippen LogP contribution < -0.4 is 11.2 Å². The maximum absolute atomic E-state index is 11.6. The van der Waals surface area contributed by atoms with Gasteiger partial charge in [-0.2, -0.15) is 0 Å². The number of nitrogens with one attached hydrogen (secondary N) is 1. The number of aryl methyl sites for hydroxylation is 1. The second-order valence-corrected chi connectivity index (χ2v) is 4.17. The van der Waals surface area contributed by atoms with E-state index in [-0.39, 0.29) is 13.0 Å². The number of aliphatic hydroxyl groups excluding tert-OH is 1. The number of aliphatic hydroxyl groups is 1. The number of aromatic nitrogens is 2. The molecule has 0 unspecified atom stereocenters. The molecule has 0 bridgehead atoms. The first kappa shape index (κ1) is 13.0. The highest BCUT2D eigenvalue weighted by atomic mass is 17.1. The summed E-state index contributed by atoms with van der Waals surface area (Å²) in [6.07, 6.45) is -0.534. The van der Waals surface area contributed by atoms with Gasteiger partial charge in [0.05, 0.1) is 6.61 Å². The largest absolute Gasteiger partial charge is 0.394 e. The van der Waals surface area contributed by atoms with E-state index in [1.54, 1.807) is 6.92 Å². The summed E-state index contributed by atoms with van der Waals surface area (Å²) < 4.78 is 6.59. The molecule has 1 aliphatic rings. The van der Waals surface area contributed by atoms with Gasteiger partial charge in [-0.3, -0.25) is 19.6 Å².